The Hall–Kier alpha value is -6.19. The molecule has 64 heavy (non-hydrogen) atoms. The lowest BCUT2D eigenvalue weighted by Gasteiger charge is -2.68. The Kier molecular flexibility index (Phi) is 11.2. The van der Waals surface area contributed by atoms with E-state index in [0.29, 0.717) is 5.56 Å². The number of carbonyl (C=O) groups is 7. The number of carbonyl (C=O) groups excluding carboxylic acids is 7. The van der Waals surface area contributed by atoms with E-state index in [1.807, 2.05) is 0 Å². The number of cyclic esters (lactones) is 1. The molecule has 1 N–H and O–H groups in total. The van der Waals surface area contributed by atoms with Gasteiger partial charge in [-0.05, 0) is 60.2 Å². The predicted molar refractivity (Wildman–Crippen MR) is 224 cm³/mol. The molecule has 3 aromatic carbocycles. The van der Waals surface area contributed by atoms with E-state index >= 15 is 4.79 Å². The zero-order valence-corrected chi connectivity index (χ0v) is 36.6. The maximum Gasteiger partial charge on any atom is 0.418 e. The van der Waals surface area contributed by atoms with Crippen LogP contribution in [-0.4, -0.2) is 100.0 Å². The zero-order chi connectivity index (χ0) is 46.1. The second-order valence-corrected chi connectivity index (χ2v) is 18.3. The van der Waals surface area contributed by atoms with E-state index in [1.54, 1.807) is 101 Å². The number of rotatable bonds is 8. The van der Waals surface area contributed by atoms with E-state index in [0.717, 1.165) is 11.8 Å². The molecule has 3 aromatic rings. The summed E-state index contributed by atoms with van der Waals surface area (Å²) in [5, 5.41) is 13.8. The fourth-order valence-corrected chi connectivity index (χ4v) is 11.1. The normalized spacial score (nSPS) is 33.8. The van der Waals surface area contributed by atoms with Crippen LogP contribution in [0.3, 0.4) is 0 Å². The second-order valence-electron chi connectivity index (χ2n) is 18.3. The highest BCUT2D eigenvalue weighted by Gasteiger charge is 2.78. The molecule has 336 valence electrons. The number of fused-ring (bicyclic) bond motifs is 5. The molecule has 15 heteroatoms. The number of amides is 2. The SMILES string of the molecule is CC(=O)O[C@H]1C(=O)[C@@]2(C)[C@H]([C@H](OC(=O)c3ccccc3)[C@]3(O)C[C@H](OC(=O)[C@@H]4OC(=O)N(C(=O)c5ccccc5)[C@H]4c4ccccc4)C(C)=C1C3(C)C)[C@]1(OC(C)=O)CO[C@@H]1C[C@@H]2C. The summed E-state index contributed by atoms with van der Waals surface area (Å²) in [6, 6.07) is 23.1. The molecule has 2 amide bonds. The Morgan fingerprint density at radius 1 is 0.797 bits per heavy atom. The van der Waals surface area contributed by atoms with Crippen LogP contribution in [0.4, 0.5) is 4.79 Å². The summed E-state index contributed by atoms with van der Waals surface area (Å²) in [6.45, 7) is 10.4. The third-order valence-electron chi connectivity index (χ3n) is 14.5. The van der Waals surface area contributed by atoms with Crippen LogP contribution in [0.25, 0.3) is 0 Å². The van der Waals surface area contributed by atoms with E-state index in [1.165, 1.54) is 31.2 Å². The highest BCUT2D eigenvalue weighted by atomic mass is 16.6. The van der Waals surface area contributed by atoms with Crippen LogP contribution in [0.5, 0.6) is 0 Å². The summed E-state index contributed by atoms with van der Waals surface area (Å²) in [6.07, 6.45) is -8.63. The fraction of sp³-hybridized carbons (Fsp3) is 0.449. The van der Waals surface area contributed by atoms with Crippen molar-refractivity contribution < 1.29 is 67.1 Å². The van der Waals surface area contributed by atoms with Gasteiger partial charge in [0.25, 0.3) is 5.91 Å². The van der Waals surface area contributed by atoms with Gasteiger partial charge in [0.05, 0.1) is 18.1 Å². The van der Waals surface area contributed by atoms with Gasteiger partial charge in [0.15, 0.2) is 17.5 Å². The summed E-state index contributed by atoms with van der Waals surface area (Å²) in [5.41, 5.74) is -6.12. The third-order valence-corrected chi connectivity index (χ3v) is 14.5. The van der Waals surface area contributed by atoms with Crippen molar-refractivity contribution in [2.75, 3.05) is 6.61 Å². The highest BCUT2D eigenvalue weighted by molar-refractivity contribution is 6.05. The summed E-state index contributed by atoms with van der Waals surface area (Å²) in [4.78, 5) is 99.5. The molecule has 3 aliphatic carbocycles. The highest BCUT2D eigenvalue weighted by Crippen LogP contribution is 2.65. The van der Waals surface area contributed by atoms with E-state index in [4.69, 9.17) is 28.4 Å². The molecule has 2 saturated carbocycles. The molecule has 2 bridgehead atoms. The van der Waals surface area contributed by atoms with Gasteiger partial charge in [-0.3, -0.25) is 19.2 Å². The summed E-state index contributed by atoms with van der Waals surface area (Å²) in [5.74, 6) is -6.72. The lowest BCUT2D eigenvalue weighted by atomic mass is 9.43. The third kappa shape index (κ3) is 6.82. The van der Waals surface area contributed by atoms with Gasteiger partial charge in [0.1, 0.15) is 30.0 Å². The zero-order valence-electron chi connectivity index (χ0n) is 36.6. The molecule has 2 saturated heterocycles. The van der Waals surface area contributed by atoms with Gasteiger partial charge in [-0.15, -0.1) is 0 Å². The monoisotopic (exact) mass is 877 g/mol. The van der Waals surface area contributed by atoms with Crippen molar-refractivity contribution in [1.82, 2.24) is 4.90 Å². The topological polar surface area (TPSA) is 198 Å². The number of nitrogens with zero attached hydrogens (tertiary/aromatic N) is 1. The van der Waals surface area contributed by atoms with Gasteiger partial charge < -0.3 is 33.5 Å². The van der Waals surface area contributed by atoms with Crippen molar-refractivity contribution in [2.24, 2.45) is 22.7 Å². The number of imide groups is 1. The van der Waals surface area contributed by atoms with Gasteiger partial charge in [0.2, 0.25) is 6.10 Å². The maximum atomic E-state index is 15.7. The quantitative estimate of drug-likeness (QED) is 0.160. The maximum absolute atomic E-state index is 15.7. The van der Waals surface area contributed by atoms with E-state index in [-0.39, 0.29) is 35.3 Å². The molecule has 0 spiro atoms. The molecular weight excluding hydrogens is 827 g/mol. The molecule has 15 nitrogen and oxygen atoms in total. The van der Waals surface area contributed by atoms with Crippen LogP contribution in [-0.2, 0) is 47.6 Å². The van der Waals surface area contributed by atoms with Crippen LogP contribution >= 0.6 is 0 Å². The van der Waals surface area contributed by atoms with Gasteiger partial charge in [-0.1, -0.05) is 94.4 Å². The molecule has 4 fully saturated rings. The summed E-state index contributed by atoms with van der Waals surface area (Å²) < 4.78 is 36.7. The number of hydrogen-bond acceptors (Lipinski definition) is 14. The first kappa shape index (κ1) is 44.4. The van der Waals surface area contributed by atoms with Gasteiger partial charge >= 0.3 is 30.0 Å². The molecule has 11 atom stereocenters. The molecule has 5 aliphatic rings. The minimum Gasteiger partial charge on any atom is -0.455 e. The number of aliphatic hydroxyl groups is 1. The second kappa shape index (κ2) is 16.1. The summed E-state index contributed by atoms with van der Waals surface area (Å²) in [7, 11) is 0. The Morgan fingerprint density at radius 2 is 1.39 bits per heavy atom. The largest absolute Gasteiger partial charge is 0.455 e. The number of ketones is 1. The molecule has 0 unspecified atom stereocenters. The minimum absolute atomic E-state index is 0.101. The fourth-order valence-electron chi connectivity index (χ4n) is 11.1. The Balaban J connectivity index is 1.29. The first-order valence-electron chi connectivity index (χ1n) is 21.3. The minimum atomic E-state index is -2.30. The van der Waals surface area contributed by atoms with Crippen molar-refractivity contribution >= 4 is 41.7 Å². The Bertz CT molecular complexity index is 2440. The number of benzene rings is 3. The van der Waals surface area contributed by atoms with E-state index in [2.05, 4.69) is 0 Å². The van der Waals surface area contributed by atoms with Gasteiger partial charge in [-0.2, -0.15) is 0 Å². The Morgan fingerprint density at radius 3 is 1.95 bits per heavy atom. The predicted octanol–water partition coefficient (Wildman–Crippen LogP) is 5.88. The number of Topliss-reactive ketones (excluding diaryl/α,β-unsaturated/α-hetero) is 1. The van der Waals surface area contributed by atoms with Crippen LogP contribution in [0.2, 0.25) is 0 Å². The van der Waals surface area contributed by atoms with Crippen LogP contribution in [0.15, 0.2) is 102 Å². The van der Waals surface area contributed by atoms with E-state index < -0.39 is 119 Å². The molecule has 2 heterocycles. The van der Waals surface area contributed by atoms with Crippen molar-refractivity contribution in [3.8, 4) is 0 Å². The molecule has 2 aliphatic heterocycles. The average Bonchev–Trinajstić information content (AvgIpc) is 3.61. The molecular formula is C49H51NO14. The smallest absolute Gasteiger partial charge is 0.418 e. The number of hydrogen-bond donors (Lipinski definition) is 1. The molecule has 0 aromatic heterocycles. The first-order chi connectivity index (χ1) is 30.3. The standard InChI is InChI=1S/C49H51NO14/c1-26-23-34-48(25-59-34,64-29(4)52)39-41(63-43(55)32-21-15-10-16-22-32)49(58)24-33(27(2)35(46(49,5)6)37(60-28(3)51)40(53)47(26,39)7)61-44(56)38-36(30-17-11-8-12-18-30)50(45(57)62-38)42(54)31-19-13-9-14-20-31/h8-22,26,33-34,36-39,41,58H,23-25H2,1-7H3/t26-,33-,34+,36-,37+,38+,39-,41-,47+,48-,49+/m0/s1. The number of ether oxygens (including phenoxy) is 6. The van der Waals surface area contributed by atoms with Crippen molar-refractivity contribution in [2.45, 2.75) is 109 Å². The van der Waals surface area contributed by atoms with E-state index in [9.17, 15) is 33.9 Å². The van der Waals surface area contributed by atoms with Crippen LogP contribution < -0.4 is 0 Å². The number of esters is 4. The average molecular weight is 878 g/mol. The van der Waals surface area contributed by atoms with Crippen molar-refractivity contribution in [3.63, 3.8) is 0 Å². The molecule has 0 radical (unpaired) electrons. The van der Waals surface area contributed by atoms with Gasteiger partial charge in [0, 0.05) is 36.7 Å². The van der Waals surface area contributed by atoms with Crippen LogP contribution in [0, 0.1) is 22.7 Å². The van der Waals surface area contributed by atoms with Crippen molar-refractivity contribution in [3.05, 3.63) is 119 Å². The molecule has 8 rings (SSSR count). The first-order valence-corrected chi connectivity index (χ1v) is 21.3. The Labute approximate surface area is 370 Å². The van der Waals surface area contributed by atoms with Gasteiger partial charge in [-0.25, -0.2) is 19.3 Å². The van der Waals surface area contributed by atoms with Crippen LogP contribution in [0.1, 0.15) is 93.6 Å². The van der Waals surface area contributed by atoms with Crippen molar-refractivity contribution in [1.29, 1.82) is 0 Å². The lowest BCUT2D eigenvalue weighted by Crippen LogP contribution is -2.80. The lowest BCUT2D eigenvalue weighted by molar-refractivity contribution is -0.340. The summed E-state index contributed by atoms with van der Waals surface area (Å²) >= 11 is 0.